The minimum atomic E-state index is 0.502. The minimum Gasteiger partial charge on any atom is -0.496 e. The van der Waals surface area contributed by atoms with E-state index in [0.717, 1.165) is 25.1 Å². The third-order valence-corrected chi connectivity index (χ3v) is 4.33. The van der Waals surface area contributed by atoms with Crippen molar-refractivity contribution in [2.75, 3.05) is 19.9 Å². The SMILES string of the molecule is CCc1cc(OC)c2c(c1SC)CC2CN. The number of aryl methyl sites for hydroxylation is 1. The summed E-state index contributed by atoms with van der Waals surface area (Å²) in [5.74, 6) is 1.54. The van der Waals surface area contributed by atoms with E-state index >= 15 is 0 Å². The van der Waals surface area contributed by atoms with Gasteiger partial charge in [0.05, 0.1) is 7.11 Å². The van der Waals surface area contributed by atoms with Crippen molar-refractivity contribution < 1.29 is 4.74 Å². The van der Waals surface area contributed by atoms with Crippen molar-refractivity contribution in [3.8, 4) is 5.75 Å². The summed E-state index contributed by atoms with van der Waals surface area (Å²) in [4.78, 5) is 1.45. The first-order valence-electron chi connectivity index (χ1n) is 5.73. The Morgan fingerprint density at radius 3 is 2.81 bits per heavy atom. The lowest BCUT2D eigenvalue weighted by atomic mass is 9.76. The van der Waals surface area contributed by atoms with Gasteiger partial charge >= 0.3 is 0 Å². The quantitative estimate of drug-likeness (QED) is 0.817. The number of hydrogen-bond donors (Lipinski definition) is 1. The molecule has 2 N–H and O–H groups in total. The number of fused-ring (bicyclic) bond motifs is 1. The normalized spacial score (nSPS) is 17.9. The van der Waals surface area contributed by atoms with Gasteiger partial charge in [-0.2, -0.15) is 0 Å². The van der Waals surface area contributed by atoms with Crippen LogP contribution in [0, 0.1) is 0 Å². The van der Waals surface area contributed by atoms with E-state index in [9.17, 15) is 0 Å². The summed E-state index contributed by atoms with van der Waals surface area (Å²) in [5, 5.41) is 0. The highest BCUT2D eigenvalue weighted by molar-refractivity contribution is 7.98. The van der Waals surface area contributed by atoms with E-state index in [1.54, 1.807) is 7.11 Å². The minimum absolute atomic E-state index is 0.502. The van der Waals surface area contributed by atoms with Crippen molar-refractivity contribution in [1.29, 1.82) is 0 Å². The van der Waals surface area contributed by atoms with Gasteiger partial charge in [0.15, 0.2) is 0 Å². The molecule has 2 nitrogen and oxygen atoms in total. The number of benzene rings is 1. The Bertz CT molecular complexity index is 403. The van der Waals surface area contributed by atoms with Gasteiger partial charge in [0.1, 0.15) is 5.75 Å². The van der Waals surface area contributed by atoms with E-state index in [-0.39, 0.29) is 0 Å². The first-order valence-corrected chi connectivity index (χ1v) is 6.95. The maximum atomic E-state index is 5.77. The van der Waals surface area contributed by atoms with Crippen LogP contribution in [-0.4, -0.2) is 19.9 Å². The van der Waals surface area contributed by atoms with Gasteiger partial charge in [-0.1, -0.05) is 6.92 Å². The summed E-state index contributed by atoms with van der Waals surface area (Å²) in [7, 11) is 1.75. The molecular weight excluding hydrogens is 218 g/mol. The summed E-state index contributed by atoms with van der Waals surface area (Å²) in [6.45, 7) is 2.92. The summed E-state index contributed by atoms with van der Waals surface area (Å²) in [5.41, 5.74) is 10.00. The van der Waals surface area contributed by atoms with Gasteiger partial charge in [-0.25, -0.2) is 0 Å². The molecule has 88 valence electrons. The highest BCUT2D eigenvalue weighted by Crippen LogP contribution is 2.47. The highest BCUT2D eigenvalue weighted by Gasteiger charge is 2.32. The van der Waals surface area contributed by atoms with Crippen molar-refractivity contribution in [2.24, 2.45) is 5.73 Å². The maximum absolute atomic E-state index is 5.77. The van der Waals surface area contributed by atoms with Gasteiger partial charge in [-0.05, 0) is 42.8 Å². The molecule has 0 saturated carbocycles. The standard InChI is InChI=1S/C13H19NOS/c1-4-8-6-11(15-2)12-9(7-14)5-10(12)13(8)16-3/h6,9H,4-5,7,14H2,1-3H3. The molecule has 1 aromatic carbocycles. The van der Waals surface area contributed by atoms with Crippen LogP contribution in [0.15, 0.2) is 11.0 Å². The zero-order valence-electron chi connectivity index (χ0n) is 10.2. The second-order valence-corrected chi connectivity index (χ2v) is 4.97. The van der Waals surface area contributed by atoms with Crippen molar-refractivity contribution in [3.05, 3.63) is 22.8 Å². The lowest BCUT2D eigenvalue weighted by molar-refractivity contribution is 0.395. The predicted octanol–water partition coefficient (Wildman–Crippen LogP) is 2.58. The average Bonchev–Trinajstić information content (AvgIpc) is 2.29. The van der Waals surface area contributed by atoms with Crippen molar-refractivity contribution in [1.82, 2.24) is 0 Å². The molecular formula is C13H19NOS. The van der Waals surface area contributed by atoms with Gasteiger partial charge in [0.2, 0.25) is 0 Å². The van der Waals surface area contributed by atoms with E-state index in [0.29, 0.717) is 5.92 Å². The summed E-state index contributed by atoms with van der Waals surface area (Å²) >= 11 is 1.85. The van der Waals surface area contributed by atoms with Gasteiger partial charge in [-0.15, -0.1) is 11.8 Å². The van der Waals surface area contributed by atoms with Gasteiger partial charge < -0.3 is 10.5 Å². The maximum Gasteiger partial charge on any atom is 0.123 e. The Morgan fingerprint density at radius 2 is 2.31 bits per heavy atom. The molecule has 0 spiro atoms. The fourth-order valence-electron chi connectivity index (χ4n) is 2.52. The average molecular weight is 237 g/mol. The molecule has 0 heterocycles. The Hall–Kier alpha value is -0.670. The van der Waals surface area contributed by atoms with Crippen LogP contribution < -0.4 is 10.5 Å². The van der Waals surface area contributed by atoms with E-state index in [4.69, 9.17) is 10.5 Å². The van der Waals surface area contributed by atoms with Crippen LogP contribution in [0.5, 0.6) is 5.75 Å². The molecule has 0 radical (unpaired) electrons. The number of thioether (sulfide) groups is 1. The molecule has 1 unspecified atom stereocenters. The van der Waals surface area contributed by atoms with Crippen LogP contribution in [0.4, 0.5) is 0 Å². The molecule has 2 rings (SSSR count). The third-order valence-electron chi connectivity index (χ3n) is 3.41. The van der Waals surface area contributed by atoms with E-state index in [1.807, 2.05) is 11.8 Å². The van der Waals surface area contributed by atoms with Gasteiger partial charge in [-0.3, -0.25) is 0 Å². The molecule has 0 fully saturated rings. The summed E-state index contributed by atoms with van der Waals surface area (Å²) in [6.07, 6.45) is 4.33. The van der Waals surface area contributed by atoms with Crippen LogP contribution in [-0.2, 0) is 12.8 Å². The zero-order chi connectivity index (χ0) is 11.7. The number of rotatable bonds is 4. The molecule has 0 amide bonds. The number of nitrogens with two attached hydrogens (primary N) is 1. The van der Waals surface area contributed by atoms with Crippen LogP contribution in [0.1, 0.15) is 29.5 Å². The molecule has 0 saturated heterocycles. The molecule has 0 aliphatic heterocycles. The second kappa shape index (κ2) is 4.68. The third kappa shape index (κ3) is 1.62. The molecule has 0 bridgehead atoms. The fraction of sp³-hybridized carbons (Fsp3) is 0.538. The molecule has 1 aliphatic carbocycles. The van der Waals surface area contributed by atoms with E-state index < -0.39 is 0 Å². The van der Waals surface area contributed by atoms with E-state index in [1.165, 1.54) is 21.6 Å². The van der Waals surface area contributed by atoms with E-state index in [2.05, 4.69) is 19.2 Å². The van der Waals surface area contributed by atoms with Crippen molar-refractivity contribution in [2.45, 2.75) is 30.6 Å². The van der Waals surface area contributed by atoms with Crippen LogP contribution >= 0.6 is 11.8 Å². The lowest BCUT2D eigenvalue weighted by Gasteiger charge is -2.34. The largest absolute Gasteiger partial charge is 0.496 e. The number of methoxy groups -OCH3 is 1. The smallest absolute Gasteiger partial charge is 0.123 e. The molecule has 0 aromatic heterocycles. The molecule has 3 heteroatoms. The first kappa shape index (κ1) is 11.8. The second-order valence-electron chi connectivity index (χ2n) is 4.15. The topological polar surface area (TPSA) is 35.2 Å². The molecule has 1 atom stereocenters. The molecule has 16 heavy (non-hydrogen) atoms. The Labute approximate surface area is 102 Å². The number of ether oxygens (including phenoxy) is 1. The van der Waals surface area contributed by atoms with Crippen molar-refractivity contribution >= 4 is 11.8 Å². The summed E-state index contributed by atoms with van der Waals surface area (Å²) in [6, 6.07) is 2.19. The molecule has 1 aliphatic rings. The summed E-state index contributed by atoms with van der Waals surface area (Å²) < 4.78 is 5.49. The zero-order valence-corrected chi connectivity index (χ0v) is 11.0. The Balaban J connectivity index is 2.54. The predicted molar refractivity (Wildman–Crippen MR) is 69.7 cm³/mol. The lowest BCUT2D eigenvalue weighted by Crippen LogP contribution is -2.27. The monoisotopic (exact) mass is 237 g/mol. The Morgan fingerprint density at radius 1 is 1.56 bits per heavy atom. The van der Waals surface area contributed by atoms with Crippen LogP contribution in [0.2, 0.25) is 0 Å². The van der Waals surface area contributed by atoms with Gasteiger partial charge in [0.25, 0.3) is 0 Å². The van der Waals surface area contributed by atoms with Crippen molar-refractivity contribution in [3.63, 3.8) is 0 Å². The van der Waals surface area contributed by atoms with Crippen LogP contribution in [0.3, 0.4) is 0 Å². The highest BCUT2D eigenvalue weighted by atomic mass is 32.2. The number of hydrogen-bond acceptors (Lipinski definition) is 3. The van der Waals surface area contributed by atoms with Gasteiger partial charge in [0, 0.05) is 16.4 Å². The fourth-order valence-corrected chi connectivity index (χ4v) is 3.43. The Kier molecular flexibility index (Phi) is 3.45. The molecule has 1 aromatic rings. The first-order chi connectivity index (χ1) is 7.76. The van der Waals surface area contributed by atoms with Crippen LogP contribution in [0.25, 0.3) is 0 Å².